The molecule has 1 aliphatic rings. The number of nitrogens with one attached hydrogen (secondary N) is 1. The minimum Gasteiger partial charge on any atom is -0.466 e. The molecule has 0 unspecified atom stereocenters. The maximum absolute atomic E-state index is 11.2. The molecule has 1 aromatic heterocycles. The summed E-state index contributed by atoms with van der Waals surface area (Å²) in [7, 11) is 0. The molecule has 0 aliphatic heterocycles. The van der Waals surface area contributed by atoms with Gasteiger partial charge in [-0.05, 0) is 57.1 Å². The van der Waals surface area contributed by atoms with Gasteiger partial charge in [0.1, 0.15) is 0 Å². The van der Waals surface area contributed by atoms with Crippen molar-refractivity contribution in [1.29, 1.82) is 0 Å². The van der Waals surface area contributed by atoms with E-state index >= 15 is 0 Å². The van der Waals surface area contributed by atoms with Gasteiger partial charge in [-0.25, -0.2) is 0 Å². The standard InChI is InChI=1S/C14H21NO2/c1-2-17-14(16)9-5-7-12-10-11-6-3-4-8-13(11)15-12/h10,15H,2-9H2,1H3. The zero-order valence-corrected chi connectivity index (χ0v) is 10.6. The van der Waals surface area contributed by atoms with Crippen molar-refractivity contribution in [2.75, 3.05) is 6.61 Å². The van der Waals surface area contributed by atoms with Crippen molar-refractivity contribution >= 4 is 5.97 Å². The summed E-state index contributed by atoms with van der Waals surface area (Å²) in [4.78, 5) is 14.7. The first-order valence-corrected chi connectivity index (χ1v) is 6.65. The number of aryl methyl sites for hydroxylation is 3. The molecule has 0 spiro atoms. The molecule has 0 radical (unpaired) electrons. The third-order valence-electron chi connectivity index (χ3n) is 3.30. The van der Waals surface area contributed by atoms with Gasteiger partial charge in [0.05, 0.1) is 6.61 Å². The smallest absolute Gasteiger partial charge is 0.305 e. The van der Waals surface area contributed by atoms with E-state index in [0.29, 0.717) is 13.0 Å². The highest BCUT2D eigenvalue weighted by Gasteiger charge is 2.12. The summed E-state index contributed by atoms with van der Waals surface area (Å²) < 4.78 is 4.91. The number of esters is 1. The van der Waals surface area contributed by atoms with E-state index in [-0.39, 0.29) is 5.97 Å². The maximum atomic E-state index is 11.2. The van der Waals surface area contributed by atoms with Crippen molar-refractivity contribution in [3.8, 4) is 0 Å². The van der Waals surface area contributed by atoms with Crippen molar-refractivity contribution in [2.45, 2.75) is 51.9 Å². The molecule has 17 heavy (non-hydrogen) atoms. The van der Waals surface area contributed by atoms with Crippen molar-refractivity contribution in [1.82, 2.24) is 4.98 Å². The molecule has 3 nitrogen and oxygen atoms in total. The number of fused-ring (bicyclic) bond motifs is 1. The van der Waals surface area contributed by atoms with Crippen molar-refractivity contribution in [3.05, 3.63) is 23.0 Å². The van der Waals surface area contributed by atoms with Crippen molar-refractivity contribution < 1.29 is 9.53 Å². The van der Waals surface area contributed by atoms with Crippen LogP contribution in [0.15, 0.2) is 6.07 Å². The summed E-state index contributed by atoms with van der Waals surface area (Å²) in [6, 6.07) is 2.28. The number of aromatic nitrogens is 1. The molecule has 0 fully saturated rings. The van der Waals surface area contributed by atoms with E-state index in [1.165, 1.54) is 42.6 Å². The van der Waals surface area contributed by atoms with Gasteiger partial charge < -0.3 is 9.72 Å². The van der Waals surface area contributed by atoms with Crippen LogP contribution in [-0.4, -0.2) is 17.6 Å². The van der Waals surface area contributed by atoms with Crippen molar-refractivity contribution in [2.24, 2.45) is 0 Å². The average molecular weight is 235 g/mol. The summed E-state index contributed by atoms with van der Waals surface area (Å²) in [6.07, 6.45) is 7.36. The summed E-state index contributed by atoms with van der Waals surface area (Å²) in [5.41, 5.74) is 4.19. The third-order valence-corrected chi connectivity index (χ3v) is 3.30. The first-order valence-electron chi connectivity index (χ1n) is 6.65. The number of carbonyl (C=O) groups is 1. The Balaban J connectivity index is 1.79. The molecule has 1 aliphatic carbocycles. The minimum absolute atomic E-state index is 0.0798. The van der Waals surface area contributed by atoms with E-state index in [1.807, 2.05) is 6.92 Å². The molecular weight excluding hydrogens is 214 g/mol. The van der Waals surface area contributed by atoms with Crippen LogP contribution in [0.1, 0.15) is 49.6 Å². The summed E-state index contributed by atoms with van der Waals surface area (Å²) in [5.74, 6) is -0.0798. The SMILES string of the molecule is CCOC(=O)CCCc1cc2c([nH]1)CCCC2. The van der Waals surface area contributed by atoms with Crippen LogP contribution in [0.2, 0.25) is 0 Å². The summed E-state index contributed by atoms with van der Waals surface area (Å²) in [6.45, 7) is 2.33. The second-order valence-electron chi connectivity index (χ2n) is 4.66. The van der Waals surface area contributed by atoms with Gasteiger partial charge >= 0.3 is 5.97 Å². The van der Waals surface area contributed by atoms with E-state index in [9.17, 15) is 4.79 Å². The van der Waals surface area contributed by atoms with E-state index in [2.05, 4.69) is 11.1 Å². The van der Waals surface area contributed by atoms with Gasteiger partial charge in [0.25, 0.3) is 0 Å². The molecule has 0 saturated carbocycles. The fourth-order valence-electron chi connectivity index (χ4n) is 2.46. The lowest BCUT2D eigenvalue weighted by Crippen LogP contribution is -2.04. The van der Waals surface area contributed by atoms with Crippen LogP contribution in [0.5, 0.6) is 0 Å². The third kappa shape index (κ3) is 3.35. The lowest BCUT2D eigenvalue weighted by atomic mass is 9.98. The molecule has 0 bridgehead atoms. The van der Waals surface area contributed by atoms with Crippen LogP contribution in [0.25, 0.3) is 0 Å². The Morgan fingerprint density at radius 3 is 3.00 bits per heavy atom. The zero-order valence-electron chi connectivity index (χ0n) is 10.6. The van der Waals surface area contributed by atoms with Crippen molar-refractivity contribution in [3.63, 3.8) is 0 Å². The molecular formula is C14H21NO2. The number of aromatic amines is 1. The largest absolute Gasteiger partial charge is 0.466 e. The Bertz CT molecular complexity index is 358. The number of carbonyl (C=O) groups excluding carboxylic acids is 1. The van der Waals surface area contributed by atoms with E-state index < -0.39 is 0 Å². The minimum atomic E-state index is -0.0798. The molecule has 1 heterocycles. The van der Waals surface area contributed by atoms with Gasteiger partial charge in [0, 0.05) is 17.8 Å². The number of hydrogen-bond donors (Lipinski definition) is 1. The number of rotatable bonds is 5. The van der Waals surface area contributed by atoms with Crippen LogP contribution in [-0.2, 0) is 28.8 Å². The first kappa shape index (κ1) is 12.2. The van der Waals surface area contributed by atoms with Gasteiger partial charge in [0.15, 0.2) is 0 Å². The molecule has 0 atom stereocenters. The zero-order chi connectivity index (χ0) is 12.1. The highest BCUT2D eigenvalue weighted by Crippen LogP contribution is 2.22. The molecule has 1 N–H and O–H groups in total. The Labute approximate surface area is 103 Å². The van der Waals surface area contributed by atoms with Crippen LogP contribution < -0.4 is 0 Å². The lowest BCUT2D eigenvalue weighted by Gasteiger charge is -2.09. The van der Waals surface area contributed by atoms with Gasteiger partial charge in [-0.15, -0.1) is 0 Å². The van der Waals surface area contributed by atoms with Crippen LogP contribution in [0.3, 0.4) is 0 Å². The number of ether oxygens (including phenoxy) is 1. The average Bonchev–Trinajstić information content (AvgIpc) is 2.71. The van der Waals surface area contributed by atoms with Crippen LogP contribution in [0, 0.1) is 0 Å². The highest BCUT2D eigenvalue weighted by molar-refractivity contribution is 5.69. The van der Waals surface area contributed by atoms with Gasteiger partial charge in [0.2, 0.25) is 0 Å². The Hall–Kier alpha value is -1.25. The monoisotopic (exact) mass is 235 g/mol. The molecule has 0 aromatic carbocycles. The van der Waals surface area contributed by atoms with E-state index in [1.54, 1.807) is 0 Å². The van der Waals surface area contributed by atoms with Gasteiger partial charge in [-0.3, -0.25) is 4.79 Å². The van der Waals surface area contributed by atoms with E-state index in [0.717, 1.165) is 12.8 Å². The normalized spacial score (nSPS) is 14.4. The van der Waals surface area contributed by atoms with E-state index in [4.69, 9.17) is 4.74 Å². The molecule has 1 aromatic rings. The molecule has 0 amide bonds. The lowest BCUT2D eigenvalue weighted by molar-refractivity contribution is -0.143. The summed E-state index contributed by atoms with van der Waals surface area (Å²) >= 11 is 0. The van der Waals surface area contributed by atoms with Crippen LogP contribution >= 0.6 is 0 Å². The Morgan fingerprint density at radius 1 is 1.41 bits per heavy atom. The fourth-order valence-corrected chi connectivity index (χ4v) is 2.46. The molecule has 0 saturated heterocycles. The maximum Gasteiger partial charge on any atom is 0.305 e. The second-order valence-corrected chi connectivity index (χ2v) is 4.66. The molecule has 3 heteroatoms. The quantitative estimate of drug-likeness (QED) is 0.797. The second kappa shape index (κ2) is 5.89. The summed E-state index contributed by atoms with van der Waals surface area (Å²) in [5, 5.41) is 0. The Morgan fingerprint density at radius 2 is 2.24 bits per heavy atom. The predicted molar refractivity (Wildman–Crippen MR) is 67.0 cm³/mol. The highest BCUT2D eigenvalue weighted by atomic mass is 16.5. The fraction of sp³-hybridized carbons (Fsp3) is 0.643. The first-order chi connectivity index (χ1) is 8.29. The van der Waals surface area contributed by atoms with Gasteiger partial charge in [-0.1, -0.05) is 0 Å². The van der Waals surface area contributed by atoms with Crippen LogP contribution in [0.4, 0.5) is 0 Å². The predicted octanol–water partition coefficient (Wildman–Crippen LogP) is 2.78. The molecule has 94 valence electrons. The van der Waals surface area contributed by atoms with Gasteiger partial charge in [-0.2, -0.15) is 0 Å². The topological polar surface area (TPSA) is 42.1 Å². The Kier molecular flexibility index (Phi) is 4.24. The number of H-pyrrole nitrogens is 1. The molecule has 2 rings (SSSR count). The number of hydrogen-bond acceptors (Lipinski definition) is 2.